The van der Waals surface area contributed by atoms with Crippen LogP contribution in [0.4, 0.5) is 0 Å². The summed E-state index contributed by atoms with van der Waals surface area (Å²) < 4.78 is 5.25. The Bertz CT molecular complexity index is 997. The summed E-state index contributed by atoms with van der Waals surface area (Å²) in [4.78, 5) is 48.1. The summed E-state index contributed by atoms with van der Waals surface area (Å²) >= 11 is 0. The van der Waals surface area contributed by atoms with Crippen molar-refractivity contribution in [3.63, 3.8) is 0 Å². The molecule has 0 fully saturated rings. The van der Waals surface area contributed by atoms with Crippen molar-refractivity contribution in [3.05, 3.63) is 46.8 Å². The zero-order valence-corrected chi connectivity index (χ0v) is 16.8. The summed E-state index contributed by atoms with van der Waals surface area (Å²) in [7, 11) is 0. The lowest BCUT2D eigenvalue weighted by Gasteiger charge is -2.21. The Morgan fingerprint density at radius 3 is 1.90 bits per heavy atom. The molecule has 0 N–H and O–H groups in total. The molecule has 1 aromatic heterocycles. The van der Waals surface area contributed by atoms with Crippen LogP contribution in [0.3, 0.4) is 0 Å². The molecule has 2 amide bonds. The van der Waals surface area contributed by atoms with Crippen molar-refractivity contribution in [2.75, 3.05) is 6.54 Å². The fourth-order valence-electron chi connectivity index (χ4n) is 3.64. The fraction of sp³-hybridized carbons (Fsp3) is 0.409. The highest BCUT2D eigenvalue weighted by Crippen LogP contribution is 2.28. The number of carbonyl (C=O) groups is 3. The van der Waals surface area contributed by atoms with Gasteiger partial charge in [-0.3, -0.25) is 19.3 Å². The molecule has 2 heterocycles. The van der Waals surface area contributed by atoms with E-state index in [0.717, 1.165) is 42.0 Å². The Kier molecular flexibility index (Phi) is 4.68. The number of nitrogens with zero attached hydrogens (tertiary/aromatic N) is 3. The lowest BCUT2D eigenvalue weighted by molar-refractivity contribution is -0.155. The van der Waals surface area contributed by atoms with Crippen LogP contribution in [0.15, 0.2) is 24.3 Å². The van der Waals surface area contributed by atoms with Crippen LogP contribution in [-0.4, -0.2) is 44.8 Å². The number of aromatic nitrogens is 2. The maximum Gasteiger partial charge on any atom is 0.326 e. The van der Waals surface area contributed by atoms with Crippen molar-refractivity contribution < 1.29 is 19.1 Å². The van der Waals surface area contributed by atoms with Crippen LogP contribution in [-0.2, 0) is 22.4 Å². The van der Waals surface area contributed by atoms with Crippen LogP contribution in [0.1, 0.15) is 65.7 Å². The number of benzene rings is 1. The summed E-state index contributed by atoms with van der Waals surface area (Å²) in [6.45, 7) is 4.79. The van der Waals surface area contributed by atoms with Crippen molar-refractivity contribution in [1.29, 1.82) is 0 Å². The minimum absolute atomic E-state index is 0.256. The highest BCUT2D eigenvalue weighted by atomic mass is 16.6. The molecule has 0 saturated heterocycles. The first kappa shape index (κ1) is 19.2. The molecule has 29 heavy (non-hydrogen) atoms. The Hall–Kier alpha value is -3.09. The van der Waals surface area contributed by atoms with E-state index in [1.165, 1.54) is 0 Å². The number of esters is 1. The van der Waals surface area contributed by atoms with E-state index in [-0.39, 0.29) is 11.1 Å². The van der Waals surface area contributed by atoms with Gasteiger partial charge in [0.25, 0.3) is 11.8 Å². The Labute approximate surface area is 168 Å². The van der Waals surface area contributed by atoms with E-state index >= 15 is 0 Å². The van der Waals surface area contributed by atoms with Crippen LogP contribution >= 0.6 is 0 Å². The highest BCUT2D eigenvalue weighted by molar-refractivity contribution is 6.23. The number of fused-ring (bicyclic) bond motifs is 3. The number of ether oxygens (including phenoxy) is 1. The molecule has 0 unspecified atom stereocenters. The molecule has 0 spiro atoms. The van der Waals surface area contributed by atoms with Gasteiger partial charge in [-0.05, 0) is 58.6 Å². The Morgan fingerprint density at radius 1 is 0.966 bits per heavy atom. The normalized spacial score (nSPS) is 17.6. The summed E-state index contributed by atoms with van der Waals surface area (Å²) in [6, 6.07) is 3.23. The Morgan fingerprint density at radius 2 is 1.45 bits per heavy atom. The van der Waals surface area contributed by atoms with Crippen LogP contribution < -0.4 is 0 Å². The maximum atomic E-state index is 12.8. The van der Waals surface area contributed by atoms with Crippen LogP contribution in [0.5, 0.6) is 0 Å². The maximum absolute atomic E-state index is 12.8. The average Bonchev–Trinajstić information content (AvgIpc) is 2.83. The molecule has 4 rings (SSSR count). The third kappa shape index (κ3) is 3.77. The summed E-state index contributed by atoms with van der Waals surface area (Å²) in [6.07, 6.45) is 7.69. The van der Waals surface area contributed by atoms with E-state index in [0.29, 0.717) is 11.0 Å². The zero-order chi connectivity index (χ0) is 20.8. The van der Waals surface area contributed by atoms with E-state index in [1.807, 2.05) is 0 Å². The molecule has 1 aliphatic carbocycles. The minimum atomic E-state index is -0.691. The minimum Gasteiger partial charge on any atom is -0.459 e. The first-order valence-corrected chi connectivity index (χ1v) is 9.79. The van der Waals surface area contributed by atoms with Gasteiger partial charge in [0, 0.05) is 0 Å². The molecule has 0 atom stereocenters. The molecule has 1 aromatic carbocycles. The van der Waals surface area contributed by atoms with Gasteiger partial charge in [-0.15, -0.1) is 0 Å². The van der Waals surface area contributed by atoms with Gasteiger partial charge in [-0.25, -0.2) is 9.97 Å². The first-order chi connectivity index (χ1) is 13.7. The number of hydrogen-bond acceptors (Lipinski definition) is 6. The lowest BCUT2D eigenvalue weighted by atomic mass is 10.0. The molecule has 2 aromatic rings. The number of hydrogen-bond donors (Lipinski definition) is 0. The number of amides is 2. The SMILES string of the molecule is CC(C)(C)OC(=O)CN1C(=O)c2cc3nc4c(nc3cc2C1=O)CC/C=C\CC4. The second kappa shape index (κ2) is 7.06. The van der Waals surface area contributed by atoms with Gasteiger partial charge in [0.1, 0.15) is 12.1 Å². The number of aryl methyl sites for hydroxylation is 2. The van der Waals surface area contributed by atoms with Gasteiger partial charge in [0.15, 0.2) is 0 Å². The lowest BCUT2D eigenvalue weighted by Crippen LogP contribution is -2.38. The van der Waals surface area contributed by atoms with Crippen molar-refractivity contribution in [2.45, 2.75) is 52.1 Å². The predicted molar refractivity (Wildman–Crippen MR) is 107 cm³/mol. The van der Waals surface area contributed by atoms with Crippen LogP contribution in [0.2, 0.25) is 0 Å². The van der Waals surface area contributed by atoms with Crippen molar-refractivity contribution >= 4 is 28.8 Å². The molecular weight excluding hydrogens is 370 g/mol. The third-order valence-corrected chi connectivity index (χ3v) is 4.88. The van der Waals surface area contributed by atoms with E-state index < -0.39 is 29.9 Å². The first-order valence-electron chi connectivity index (χ1n) is 9.79. The van der Waals surface area contributed by atoms with Crippen molar-refractivity contribution in [3.8, 4) is 0 Å². The van der Waals surface area contributed by atoms with E-state index in [1.54, 1.807) is 32.9 Å². The summed E-state index contributed by atoms with van der Waals surface area (Å²) in [5.41, 5.74) is 2.87. The van der Waals surface area contributed by atoms with Crippen LogP contribution in [0.25, 0.3) is 11.0 Å². The van der Waals surface area contributed by atoms with Gasteiger partial charge < -0.3 is 4.74 Å². The molecule has 7 heteroatoms. The van der Waals surface area contributed by atoms with Crippen molar-refractivity contribution in [1.82, 2.24) is 14.9 Å². The molecule has 150 valence electrons. The Balaban J connectivity index is 1.68. The fourth-order valence-corrected chi connectivity index (χ4v) is 3.64. The van der Waals surface area contributed by atoms with E-state index in [4.69, 9.17) is 14.7 Å². The second-order valence-electron chi connectivity index (χ2n) is 8.34. The quantitative estimate of drug-likeness (QED) is 0.443. The molecule has 0 saturated carbocycles. The van der Waals surface area contributed by atoms with E-state index in [2.05, 4.69) is 12.2 Å². The monoisotopic (exact) mass is 393 g/mol. The van der Waals surface area contributed by atoms with Crippen LogP contribution in [0, 0.1) is 0 Å². The standard InChI is InChI=1S/C22H23N3O4/c1-22(2,3)29-19(26)12-25-20(27)13-10-17-18(11-14(13)21(25)28)24-16-9-7-5-4-6-8-15(16)23-17/h4-5,10-11H,6-9,12H2,1-3H3/b5-4-. The van der Waals surface area contributed by atoms with Crippen molar-refractivity contribution in [2.24, 2.45) is 0 Å². The predicted octanol–water partition coefficient (Wildman–Crippen LogP) is 3.00. The highest BCUT2D eigenvalue weighted by Gasteiger charge is 2.38. The topological polar surface area (TPSA) is 89.5 Å². The summed E-state index contributed by atoms with van der Waals surface area (Å²) in [5, 5.41) is 0. The number of allylic oxidation sites excluding steroid dienone is 2. The smallest absolute Gasteiger partial charge is 0.326 e. The van der Waals surface area contributed by atoms with Gasteiger partial charge in [0.2, 0.25) is 0 Å². The second-order valence-corrected chi connectivity index (χ2v) is 8.34. The zero-order valence-electron chi connectivity index (χ0n) is 16.8. The number of rotatable bonds is 2. The molecule has 0 radical (unpaired) electrons. The third-order valence-electron chi connectivity index (χ3n) is 4.88. The number of imide groups is 1. The van der Waals surface area contributed by atoms with Gasteiger partial charge >= 0.3 is 5.97 Å². The number of carbonyl (C=O) groups excluding carboxylic acids is 3. The van der Waals surface area contributed by atoms with E-state index in [9.17, 15) is 14.4 Å². The molecule has 1 aliphatic heterocycles. The van der Waals surface area contributed by atoms with Gasteiger partial charge in [0.05, 0.1) is 33.5 Å². The molecule has 7 nitrogen and oxygen atoms in total. The largest absolute Gasteiger partial charge is 0.459 e. The van der Waals surface area contributed by atoms with Gasteiger partial charge in [-0.2, -0.15) is 0 Å². The van der Waals surface area contributed by atoms with Gasteiger partial charge in [-0.1, -0.05) is 12.2 Å². The molecule has 0 bridgehead atoms. The molecular formula is C22H23N3O4. The average molecular weight is 393 g/mol. The summed E-state index contributed by atoms with van der Waals surface area (Å²) in [5.74, 6) is -1.63. The molecule has 2 aliphatic rings.